The van der Waals surface area contributed by atoms with E-state index in [4.69, 9.17) is 13.9 Å². The van der Waals surface area contributed by atoms with Gasteiger partial charge in [-0.3, -0.25) is 9.59 Å². The van der Waals surface area contributed by atoms with Crippen molar-refractivity contribution in [3.8, 4) is 11.5 Å². The van der Waals surface area contributed by atoms with E-state index >= 15 is 0 Å². The van der Waals surface area contributed by atoms with Gasteiger partial charge in [-0.2, -0.15) is 0 Å². The number of anilines is 2. The van der Waals surface area contributed by atoms with Gasteiger partial charge in [-0.05, 0) is 62.2 Å². The third-order valence-corrected chi connectivity index (χ3v) is 6.11. The highest BCUT2D eigenvalue weighted by molar-refractivity contribution is 6.06. The van der Waals surface area contributed by atoms with Crippen LogP contribution in [-0.2, 0) is 4.79 Å². The Bertz CT molecular complexity index is 1510. The number of hydrogen-bond acceptors (Lipinski definition) is 6. The summed E-state index contributed by atoms with van der Waals surface area (Å²) in [5.74, 6) is 0.617. The maximum absolute atomic E-state index is 12.9. The van der Waals surface area contributed by atoms with Crippen molar-refractivity contribution in [1.29, 1.82) is 0 Å². The van der Waals surface area contributed by atoms with Crippen molar-refractivity contribution < 1.29 is 23.5 Å². The molecule has 0 radical (unpaired) electrons. The average molecular weight is 499 g/mol. The van der Waals surface area contributed by atoms with Crippen molar-refractivity contribution in [2.24, 2.45) is 0 Å². The second-order valence-electron chi connectivity index (χ2n) is 8.82. The van der Waals surface area contributed by atoms with Gasteiger partial charge in [0.2, 0.25) is 0 Å². The lowest BCUT2D eigenvalue weighted by Gasteiger charge is -2.30. The lowest BCUT2D eigenvalue weighted by atomic mass is 10.1. The smallest absolute Gasteiger partial charge is 0.349 e. The van der Waals surface area contributed by atoms with Crippen LogP contribution >= 0.6 is 0 Å². The summed E-state index contributed by atoms with van der Waals surface area (Å²) in [6.07, 6.45) is 1.49. The third-order valence-electron chi connectivity index (χ3n) is 6.11. The molecule has 5 rings (SSSR count). The van der Waals surface area contributed by atoms with Gasteiger partial charge in [-0.15, -0.1) is 0 Å². The third kappa shape index (κ3) is 5.48. The van der Waals surface area contributed by atoms with Crippen LogP contribution in [0.5, 0.6) is 11.5 Å². The van der Waals surface area contributed by atoms with Crippen LogP contribution in [-0.4, -0.2) is 31.6 Å². The van der Waals surface area contributed by atoms with Gasteiger partial charge in [0.25, 0.3) is 11.8 Å². The maximum atomic E-state index is 12.9. The van der Waals surface area contributed by atoms with Gasteiger partial charge in [0, 0.05) is 17.6 Å². The molecule has 0 saturated carbocycles. The van der Waals surface area contributed by atoms with E-state index in [0.717, 1.165) is 18.6 Å². The van der Waals surface area contributed by atoms with Crippen molar-refractivity contribution in [2.45, 2.75) is 19.8 Å². The molecule has 3 aromatic carbocycles. The highest BCUT2D eigenvalue weighted by Crippen LogP contribution is 2.35. The maximum Gasteiger partial charge on any atom is 0.349 e. The zero-order valence-corrected chi connectivity index (χ0v) is 20.4. The summed E-state index contributed by atoms with van der Waals surface area (Å²) in [5.41, 5.74) is 1.76. The zero-order valence-electron chi connectivity index (χ0n) is 20.4. The molecule has 1 aliphatic heterocycles. The predicted octanol–water partition coefficient (Wildman–Crippen LogP) is 4.94. The minimum Gasteiger partial charge on any atom is -0.494 e. The average Bonchev–Trinajstić information content (AvgIpc) is 2.90. The molecule has 1 N–H and O–H groups in total. The highest BCUT2D eigenvalue weighted by atomic mass is 16.5. The first kappa shape index (κ1) is 24.1. The number of hydrogen-bond donors (Lipinski definition) is 1. The summed E-state index contributed by atoms with van der Waals surface area (Å²) >= 11 is 0. The van der Waals surface area contributed by atoms with Gasteiger partial charge in [0.1, 0.15) is 22.6 Å². The molecule has 8 heteroatoms. The second-order valence-corrected chi connectivity index (χ2v) is 8.82. The number of carbonyl (C=O) groups excluding carboxylic acids is 2. The number of fused-ring (bicyclic) bond motifs is 2. The molecular formula is C29H26N2O6. The van der Waals surface area contributed by atoms with Gasteiger partial charge in [0.15, 0.2) is 6.61 Å². The van der Waals surface area contributed by atoms with E-state index in [9.17, 15) is 14.4 Å². The summed E-state index contributed by atoms with van der Waals surface area (Å²) in [6, 6.07) is 21.4. The Morgan fingerprint density at radius 1 is 1.00 bits per heavy atom. The summed E-state index contributed by atoms with van der Waals surface area (Å²) in [4.78, 5) is 39.5. The zero-order chi connectivity index (χ0) is 25.8. The Morgan fingerprint density at radius 2 is 1.81 bits per heavy atom. The van der Waals surface area contributed by atoms with Crippen LogP contribution in [0.15, 0.2) is 82.0 Å². The number of benzene rings is 3. The van der Waals surface area contributed by atoms with Gasteiger partial charge < -0.3 is 24.1 Å². The quantitative estimate of drug-likeness (QED) is 0.273. The van der Waals surface area contributed by atoms with Crippen molar-refractivity contribution in [1.82, 2.24) is 0 Å². The summed E-state index contributed by atoms with van der Waals surface area (Å²) in [6.45, 7) is 3.01. The molecule has 0 saturated heterocycles. The molecule has 0 aliphatic carbocycles. The SMILES string of the molecule is Cc1ccc(OCCCCN2C(=O)COc3ccc(NC(=O)c4cc5ccccc5oc4=O)cc32)cc1. The Morgan fingerprint density at radius 3 is 2.65 bits per heavy atom. The van der Waals surface area contributed by atoms with E-state index in [1.54, 1.807) is 47.4 Å². The molecule has 1 aliphatic rings. The van der Waals surface area contributed by atoms with E-state index in [0.29, 0.717) is 41.2 Å². The van der Waals surface area contributed by atoms with E-state index in [1.807, 2.05) is 31.2 Å². The number of nitrogens with one attached hydrogen (secondary N) is 1. The second kappa shape index (κ2) is 10.6. The minimum atomic E-state index is -0.720. The monoisotopic (exact) mass is 498 g/mol. The molecule has 0 spiro atoms. The van der Waals surface area contributed by atoms with E-state index in [-0.39, 0.29) is 18.1 Å². The molecule has 0 unspecified atom stereocenters. The van der Waals surface area contributed by atoms with E-state index < -0.39 is 11.5 Å². The van der Waals surface area contributed by atoms with Crippen LogP contribution in [0.25, 0.3) is 11.0 Å². The lowest BCUT2D eigenvalue weighted by Crippen LogP contribution is -2.39. The normalized spacial score (nSPS) is 12.7. The number of rotatable bonds is 8. The van der Waals surface area contributed by atoms with E-state index in [1.165, 1.54) is 11.6 Å². The van der Waals surface area contributed by atoms with Gasteiger partial charge in [0.05, 0.1) is 12.3 Å². The predicted molar refractivity (Wildman–Crippen MR) is 141 cm³/mol. The first-order valence-corrected chi connectivity index (χ1v) is 12.1. The van der Waals surface area contributed by atoms with Crippen molar-refractivity contribution >= 4 is 34.2 Å². The molecule has 0 bridgehead atoms. The van der Waals surface area contributed by atoms with Crippen LogP contribution in [0.3, 0.4) is 0 Å². The Kier molecular flexibility index (Phi) is 6.89. The molecule has 2 heterocycles. The molecule has 0 atom stereocenters. The highest BCUT2D eigenvalue weighted by Gasteiger charge is 2.26. The summed E-state index contributed by atoms with van der Waals surface area (Å²) in [5, 5.41) is 3.38. The Labute approximate surface area is 213 Å². The number of ether oxygens (including phenoxy) is 2. The van der Waals surface area contributed by atoms with Crippen LogP contribution in [0, 0.1) is 6.92 Å². The number of carbonyl (C=O) groups is 2. The van der Waals surface area contributed by atoms with Crippen LogP contribution in [0.1, 0.15) is 28.8 Å². The van der Waals surface area contributed by atoms with Gasteiger partial charge >= 0.3 is 5.63 Å². The van der Waals surface area contributed by atoms with Crippen LogP contribution < -0.4 is 25.3 Å². The van der Waals surface area contributed by atoms with Crippen molar-refractivity contribution in [3.05, 3.63) is 94.3 Å². The van der Waals surface area contributed by atoms with Crippen molar-refractivity contribution in [3.63, 3.8) is 0 Å². The summed E-state index contributed by atoms with van der Waals surface area (Å²) < 4.78 is 16.6. The fourth-order valence-corrected chi connectivity index (χ4v) is 4.14. The molecule has 37 heavy (non-hydrogen) atoms. The number of nitrogens with zero attached hydrogens (tertiary/aromatic N) is 1. The Hall–Kier alpha value is -4.59. The first-order chi connectivity index (χ1) is 18.0. The van der Waals surface area contributed by atoms with Crippen molar-refractivity contribution in [2.75, 3.05) is 30.0 Å². The topological polar surface area (TPSA) is 98.1 Å². The number of unbranched alkanes of at least 4 members (excludes halogenated alkanes) is 1. The molecule has 1 aromatic heterocycles. The lowest BCUT2D eigenvalue weighted by molar-refractivity contribution is -0.121. The molecular weight excluding hydrogens is 472 g/mol. The fourth-order valence-electron chi connectivity index (χ4n) is 4.14. The molecule has 4 aromatic rings. The molecule has 8 nitrogen and oxygen atoms in total. The number of aryl methyl sites for hydroxylation is 1. The number of amides is 2. The fraction of sp³-hybridized carbons (Fsp3) is 0.207. The number of para-hydroxylation sites is 1. The summed E-state index contributed by atoms with van der Waals surface area (Å²) in [7, 11) is 0. The Balaban J connectivity index is 1.25. The standard InChI is InChI=1S/C29H26N2O6/c1-19-8-11-22(12-9-19)35-15-5-4-14-31-24-17-21(10-13-26(24)36-18-27(31)32)30-28(33)23-16-20-6-2-3-7-25(20)37-29(23)34/h2-3,6-13,16-17H,4-5,14-15,18H2,1H3,(H,30,33). The first-order valence-electron chi connectivity index (χ1n) is 12.1. The van der Waals surface area contributed by atoms with Crippen LogP contribution in [0.2, 0.25) is 0 Å². The molecule has 188 valence electrons. The largest absolute Gasteiger partial charge is 0.494 e. The van der Waals surface area contributed by atoms with Gasteiger partial charge in [-0.25, -0.2) is 4.79 Å². The van der Waals surface area contributed by atoms with E-state index in [2.05, 4.69) is 5.32 Å². The molecule has 2 amide bonds. The minimum absolute atomic E-state index is 0.0449. The van der Waals surface area contributed by atoms with Gasteiger partial charge in [-0.1, -0.05) is 35.9 Å². The van der Waals surface area contributed by atoms with Crippen LogP contribution in [0.4, 0.5) is 11.4 Å². The molecule has 0 fully saturated rings.